The summed E-state index contributed by atoms with van der Waals surface area (Å²) >= 11 is 0. The van der Waals surface area contributed by atoms with Crippen LogP contribution in [0.25, 0.3) is 5.69 Å². The van der Waals surface area contributed by atoms with E-state index in [1.165, 1.54) is 0 Å². The van der Waals surface area contributed by atoms with Crippen molar-refractivity contribution >= 4 is 5.91 Å². The van der Waals surface area contributed by atoms with Gasteiger partial charge in [-0.25, -0.2) is 4.68 Å². The lowest BCUT2D eigenvalue weighted by Gasteiger charge is -2.29. The summed E-state index contributed by atoms with van der Waals surface area (Å²) in [7, 11) is 3.24. The van der Waals surface area contributed by atoms with Crippen LogP contribution in [0.15, 0.2) is 78.9 Å². The SMILES string of the molecule is CCC(C)N(Cc1c(C)nn(-c2ccccc2)c1Oc1ccc(OC)cc1)C(=O)c1ccc(OC)cc1. The first kappa shape index (κ1) is 25.8. The first-order chi connectivity index (χ1) is 17.9. The van der Waals surface area contributed by atoms with Crippen LogP contribution < -0.4 is 14.2 Å². The number of aryl methyl sites for hydroxylation is 1. The van der Waals surface area contributed by atoms with E-state index in [2.05, 4.69) is 13.8 Å². The molecule has 7 heteroatoms. The molecule has 192 valence electrons. The van der Waals surface area contributed by atoms with E-state index in [0.29, 0.717) is 29.5 Å². The first-order valence-corrected chi connectivity index (χ1v) is 12.4. The number of carbonyl (C=O) groups excluding carboxylic acids is 1. The fraction of sp³-hybridized carbons (Fsp3) is 0.267. The van der Waals surface area contributed by atoms with Crippen molar-refractivity contribution in [3.05, 3.63) is 95.7 Å². The molecule has 4 rings (SSSR count). The van der Waals surface area contributed by atoms with Crippen LogP contribution in [0, 0.1) is 6.92 Å². The van der Waals surface area contributed by atoms with Crippen LogP contribution in [-0.4, -0.2) is 40.8 Å². The highest BCUT2D eigenvalue weighted by atomic mass is 16.5. The largest absolute Gasteiger partial charge is 0.497 e. The zero-order valence-electron chi connectivity index (χ0n) is 22.0. The summed E-state index contributed by atoms with van der Waals surface area (Å²) in [6.07, 6.45) is 0.808. The van der Waals surface area contributed by atoms with Gasteiger partial charge in [0.05, 0.1) is 37.7 Å². The zero-order valence-corrected chi connectivity index (χ0v) is 22.0. The summed E-state index contributed by atoms with van der Waals surface area (Å²) in [5, 5.41) is 4.82. The van der Waals surface area contributed by atoms with Crippen LogP contribution in [0.3, 0.4) is 0 Å². The molecular formula is C30H33N3O4. The van der Waals surface area contributed by atoms with Gasteiger partial charge in [0.25, 0.3) is 5.91 Å². The Kier molecular flexibility index (Phi) is 8.13. The molecule has 0 saturated heterocycles. The molecule has 0 saturated carbocycles. The highest BCUT2D eigenvalue weighted by Gasteiger charge is 2.27. The molecular weight excluding hydrogens is 466 g/mol. The second-order valence-electron chi connectivity index (χ2n) is 8.81. The minimum Gasteiger partial charge on any atom is -0.497 e. The molecule has 0 aliphatic rings. The van der Waals surface area contributed by atoms with Crippen LogP contribution in [0.1, 0.15) is 41.9 Å². The van der Waals surface area contributed by atoms with E-state index < -0.39 is 0 Å². The summed E-state index contributed by atoms with van der Waals surface area (Å²) in [5.74, 6) is 2.62. The number of para-hydroxylation sites is 1. The Morgan fingerprint density at radius 2 is 1.46 bits per heavy atom. The number of hydrogen-bond donors (Lipinski definition) is 0. The monoisotopic (exact) mass is 499 g/mol. The molecule has 0 bridgehead atoms. The molecule has 0 fully saturated rings. The molecule has 3 aromatic carbocycles. The predicted molar refractivity (Wildman–Crippen MR) is 144 cm³/mol. The number of amides is 1. The lowest BCUT2D eigenvalue weighted by atomic mass is 10.1. The van der Waals surface area contributed by atoms with Gasteiger partial charge in [0.15, 0.2) is 0 Å². The van der Waals surface area contributed by atoms with Crippen LogP contribution in [-0.2, 0) is 6.54 Å². The molecule has 7 nitrogen and oxygen atoms in total. The number of ether oxygens (including phenoxy) is 3. The van der Waals surface area contributed by atoms with Crippen molar-refractivity contribution in [1.29, 1.82) is 0 Å². The second-order valence-corrected chi connectivity index (χ2v) is 8.81. The summed E-state index contributed by atoms with van der Waals surface area (Å²) in [6, 6.07) is 24.5. The Labute approximate surface area is 218 Å². The van der Waals surface area contributed by atoms with Crippen LogP contribution in [0.2, 0.25) is 0 Å². The maximum absolute atomic E-state index is 13.7. The number of carbonyl (C=O) groups is 1. The quantitative estimate of drug-likeness (QED) is 0.252. The van der Waals surface area contributed by atoms with E-state index in [9.17, 15) is 4.79 Å². The lowest BCUT2D eigenvalue weighted by molar-refractivity contribution is 0.0670. The Bertz CT molecular complexity index is 1320. The highest BCUT2D eigenvalue weighted by Crippen LogP contribution is 2.33. The van der Waals surface area contributed by atoms with E-state index in [1.54, 1.807) is 43.2 Å². The number of hydrogen-bond acceptors (Lipinski definition) is 5. The van der Waals surface area contributed by atoms with Gasteiger partial charge in [-0.1, -0.05) is 25.1 Å². The smallest absolute Gasteiger partial charge is 0.254 e. The Balaban J connectivity index is 1.75. The average Bonchev–Trinajstić information content (AvgIpc) is 3.26. The van der Waals surface area contributed by atoms with E-state index in [1.807, 2.05) is 66.4 Å². The summed E-state index contributed by atoms with van der Waals surface area (Å²) in [6.45, 7) is 6.43. The molecule has 0 radical (unpaired) electrons. The normalized spacial score (nSPS) is 11.6. The standard InChI is InChI=1S/C30H33N3O4/c1-6-21(2)32(29(34)23-12-14-25(35-4)15-13-23)20-28-22(3)31-33(24-10-8-7-9-11-24)30(28)37-27-18-16-26(36-5)17-19-27/h7-19,21H,6,20H2,1-5H3. The van der Waals surface area contributed by atoms with E-state index in [-0.39, 0.29) is 11.9 Å². The van der Waals surface area contributed by atoms with E-state index in [4.69, 9.17) is 19.3 Å². The summed E-state index contributed by atoms with van der Waals surface area (Å²) in [5.41, 5.74) is 3.12. The number of methoxy groups -OCH3 is 2. The van der Waals surface area contributed by atoms with Crippen molar-refractivity contribution in [3.63, 3.8) is 0 Å². The Morgan fingerprint density at radius 3 is 2.03 bits per heavy atom. The first-order valence-electron chi connectivity index (χ1n) is 12.4. The van der Waals surface area contributed by atoms with Crippen molar-refractivity contribution in [2.75, 3.05) is 14.2 Å². The van der Waals surface area contributed by atoms with Gasteiger partial charge in [-0.3, -0.25) is 4.79 Å². The fourth-order valence-electron chi connectivity index (χ4n) is 4.04. The third-order valence-electron chi connectivity index (χ3n) is 6.46. The van der Waals surface area contributed by atoms with Gasteiger partial charge in [0.2, 0.25) is 5.88 Å². The average molecular weight is 500 g/mol. The lowest BCUT2D eigenvalue weighted by Crippen LogP contribution is -2.38. The topological polar surface area (TPSA) is 65.8 Å². The molecule has 0 spiro atoms. The van der Waals surface area contributed by atoms with E-state index >= 15 is 0 Å². The van der Waals surface area contributed by atoms with Crippen molar-refractivity contribution in [3.8, 4) is 28.8 Å². The molecule has 1 amide bonds. The third-order valence-corrected chi connectivity index (χ3v) is 6.46. The zero-order chi connectivity index (χ0) is 26.4. The maximum atomic E-state index is 13.7. The van der Waals surface area contributed by atoms with Gasteiger partial charge < -0.3 is 19.1 Å². The summed E-state index contributed by atoms with van der Waals surface area (Å²) < 4.78 is 18.8. The van der Waals surface area contributed by atoms with Crippen LogP contribution in [0.4, 0.5) is 0 Å². The number of rotatable bonds is 10. The second kappa shape index (κ2) is 11.6. The van der Waals surface area contributed by atoms with Crippen LogP contribution in [0.5, 0.6) is 23.1 Å². The van der Waals surface area contributed by atoms with Crippen molar-refractivity contribution in [2.45, 2.75) is 39.8 Å². The number of aromatic nitrogens is 2. The summed E-state index contributed by atoms with van der Waals surface area (Å²) in [4.78, 5) is 15.6. The fourth-order valence-corrected chi connectivity index (χ4v) is 4.04. The molecule has 0 aliphatic carbocycles. The van der Waals surface area contributed by atoms with Gasteiger partial charge in [0.1, 0.15) is 17.2 Å². The van der Waals surface area contributed by atoms with Crippen molar-refractivity contribution in [2.24, 2.45) is 0 Å². The van der Waals surface area contributed by atoms with Gasteiger partial charge >= 0.3 is 0 Å². The molecule has 1 unspecified atom stereocenters. The molecule has 0 aliphatic heterocycles. The highest BCUT2D eigenvalue weighted by molar-refractivity contribution is 5.94. The van der Waals surface area contributed by atoms with Gasteiger partial charge in [-0.15, -0.1) is 0 Å². The van der Waals surface area contributed by atoms with Crippen molar-refractivity contribution in [1.82, 2.24) is 14.7 Å². The maximum Gasteiger partial charge on any atom is 0.254 e. The molecule has 4 aromatic rings. The minimum atomic E-state index is -0.0562. The van der Waals surface area contributed by atoms with Gasteiger partial charge in [-0.2, -0.15) is 5.10 Å². The van der Waals surface area contributed by atoms with E-state index in [0.717, 1.165) is 29.1 Å². The molecule has 0 N–H and O–H groups in total. The minimum absolute atomic E-state index is 0.00270. The third kappa shape index (κ3) is 5.77. The van der Waals surface area contributed by atoms with Crippen molar-refractivity contribution < 1.29 is 19.0 Å². The number of nitrogens with zero attached hydrogens (tertiary/aromatic N) is 3. The molecule has 37 heavy (non-hydrogen) atoms. The number of benzene rings is 3. The molecule has 1 aromatic heterocycles. The Morgan fingerprint density at radius 1 is 0.892 bits per heavy atom. The van der Waals surface area contributed by atoms with Gasteiger partial charge in [0, 0.05) is 11.6 Å². The predicted octanol–water partition coefficient (Wildman–Crippen LogP) is 6.43. The molecule has 1 heterocycles. The molecule has 1 atom stereocenters. The van der Waals surface area contributed by atoms with Crippen LogP contribution >= 0.6 is 0 Å². The van der Waals surface area contributed by atoms with Gasteiger partial charge in [-0.05, 0) is 80.9 Å². The Hall–Kier alpha value is -4.26.